The van der Waals surface area contributed by atoms with Gasteiger partial charge in [0.25, 0.3) is 5.91 Å². The third-order valence-corrected chi connectivity index (χ3v) is 7.28. The number of fused-ring (bicyclic) bond motifs is 1. The van der Waals surface area contributed by atoms with E-state index >= 15 is 0 Å². The minimum Gasteiger partial charge on any atom is -0.459 e. The largest absolute Gasteiger partial charge is 0.459 e. The Labute approximate surface area is 217 Å². The highest BCUT2D eigenvalue weighted by Crippen LogP contribution is 2.35. The third-order valence-electron chi connectivity index (χ3n) is 5.44. The van der Waals surface area contributed by atoms with E-state index in [0.717, 1.165) is 25.9 Å². The molecule has 0 atom stereocenters. The van der Waals surface area contributed by atoms with E-state index in [0.29, 0.717) is 27.3 Å². The van der Waals surface area contributed by atoms with Crippen LogP contribution in [0.3, 0.4) is 0 Å². The summed E-state index contributed by atoms with van der Waals surface area (Å²) in [5.74, 6) is -0.539. The van der Waals surface area contributed by atoms with Crippen molar-refractivity contribution in [2.24, 2.45) is 0 Å². The van der Waals surface area contributed by atoms with Crippen LogP contribution < -0.4 is 5.32 Å². The molecule has 0 aliphatic heterocycles. The molecule has 0 radical (unpaired) electrons. The van der Waals surface area contributed by atoms with Gasteiger partial charge in [-0.3, -0.25) is 4.79 Å². The number of benzene rings is 2. The van der Waals surface area contributed by atoms with Crippen molar-refractivity contribution in [3.63, 3.8) is 0 Å². The standard InChI is InChI=1S/C28H27BrN2O3S/c1-15(2)25-14-22(28(33)34-16(3)4)27(35-25)31-26(32)21-13-24(18-8-6-7-17(5)11-18)30-23-10-9-19(29)12-20(21)23/h6-16H,1-5H3,(H,31,32). The van der Waals surface area contributed by atoms with Gasteiger partial charge in [-0.25, -0.2) is 9.78 Å². The summed E-state index contributed by atoms with van der Waals surface area (Å²) in [4.78, 5) is 32.3. The number of thiophene rings is 1. The molecule has 2 heterocycles. The van der Waals surface area contributed by atoms with E-state index in [9.17, 15) is 9.59 Å². The second-order valence-corrected chi connectivity index (χ2v) is 11.0. The van der Waals surface area contributed by atoms with Crippen LogP contribution in [0.5, 0.6) is 0 Å². The number of ether oxygens (including phenoxy) is 1. The van der Waals surface area contributed by atoms with Gasteiger partial charge in [0.2, 0.25) is 0 Å². The maximum absolute atomic E-state index is 13.7. The molecule has 2 aromatic carbocycles. The summed E-state index contributed by atoms with van der Waals surface area (Å²) in [7, 11) is 0. The molecule has 180 valence electrons. The maximum atomic E-state index is 13.7. The number of pyridine rings is 1. The Hall–Kier alpha value is -3.03. The number of hydrogen-bond donors (Lipinski definition) is 1. The predicted molar refractivity (Wildman–Crippen MR) is 147 cm³/mol. The number of carbonyl (C=O) groups is 2. The number of anilines is 1. The van der Waals surface area contributed by atoms with Gasteiger partial charge in [0.05, 0.1) is 28.4 Å². The number of amides is 1. The molecule has 35 heavy (non-hydrogen) atoms. The average Bonchev–Trinajstić information content (AvgIpc) is 3.22. The summed E-state index contributed by atoms with van der Waals surface area (Å²) in [6.07, 6.45) is -0.258. The Kier molecular flexibility index (Phi) is 7.38. The smallest absolute Gasteiger partial charge is 0.341 e. The quantitative estimate of drug-likeness (QED) is 0.247. The minimum absolute atomic E-state index is 0.210. The molecule has 0 bridgehead atoms. The number of aryl methyl sites for hydroxylation is 1. The number of rotatable bonds is 6. The van der Waals surface area contributed by atoms with Crippen molar-refractivity contribution in [3.8, 4) is 11.3 Å². The second kappa shape index (κ2) is 10.3. The average molecular weight is 552 g/mol. The van der Waals surface area contributed by atoms with E-state index in [1.807, 2.05) is 61.5 Å². The van der Waals surface area contributed by atoms with E-state index in [1.54, 1.807) is 13.8 Å². The summed E-state index contributed by atoms with van der Waals surface area (Å²) in [6, 6.07) is 17.3. The van der Waals surface area contributed by atoms with Crippen LogP contribution in [0.15, 0.2) is 59.1 Å². The van der Waals surface area contributed by atoms with E-state index in [-0.39, 0.29) is 17.9 Å². The van der Waals surface area contributed by atoms with E-state index in [4.69, 9.17) is 9.72 Å². The Balaban J connectivity index is 1.80. The van der Waals surface area contributed by atoms with Gasteiger partial charge >= 0.3 is 5.97 Å². The van der Waals surface area contributed by atoms with Crippen LogP contribution in [0.2, 0.25) is 0 Å². The molecule has 4 rings (SSSR count). The molecule has 0 fully saturated rings. The fourth-order valence-corrected chi connectivity index (χ4v) is 5.13. The van der Waals surface area contributed by atoms with Crippen molar-refractivity contribution in [2.75, 3.05) is 5.32 Å². The first-order valence-electron chi connectivity index (χ1n) is 11.5. The van der Waals surface area contributed by atoms with E-state index < -0.39 is 5.97 Å². The fourth-order valence-electron chi connectivity index (χ4n) is 3.73. The van der Waals surface area contributed by atoms with Gasteiger partial charge < -0.3 is 10.1 Å². The number of aromatic nitrogens is 1. The topological polar surface area (TPSA) is 68.3 Å². The molecular weight excluding hydrogens is 524 g/mol. The molecule has 1 amide bonds. The monoisotopic (exact) mass is 550 g/mol. The number of esters is 1. The van der Waals surface area contributed by atoms with Crippen molar-refractivity contribution in [2.45, 2.75) is 46.6 Å². The highest BCUT2D eigenvalue weighted by atomic mass is 79.9. The first-order valence-corrected chi connectivity index (χ1v) is 13.1. The van der Waals surface area contributed by atoms with Crippen molar-refractivity contribution < 1.29 is 14.3 Å². The number of hydrogen-bond acceptors (Lipinski definition) is 5. The normalized spacial score (nSPS) is 11.3. The van der Waals surface area contributed by atoms with Crippen LogP contribution in [0, 0.1) is 6.92 Å². The van der Waals surface area contributed by atoms with Crippen LogP contribution in [0.1, 0.15) is 64.8 Å². The summed E-state index contributed by atoms with van der Waals surface area (Å²) in [5, 5.41) is 4.20. The van der Waals surface area contributed by atoms with Crippen LogP contribution in [0.4, 0.5) is 5.00 Å². The molecule has 0 unspecified atom stereocenters. The molecule has 7 heteroatoms. The molecule has 4 aromatic rings. The Morgan fingerprint density at radius 1 is 1.00 bits per heavy atom. The van der Waals surface area contributed by atoms with Crippen LogP contribution in [0.25, 0.3) is 22.2 Å². The first-order chi connectivity index (χ1) is 16.6. The SMILES string of the molecule is Cc1cccc(-c2cc(C(=O)Nc3sc(C(C)C)cc3C(=O)OC(C)C)c3cc(Br)ccc3n2)c1. The zero-order valence-corrected chi connectivity index (χ0v) is 22.7. The lowest BCUT2D eigenvalue weighted by Gasteiger charge is -2.12. The summed E-state index contributed by atoms with van der Waals surface area (Å²) >= 11 is 4.91. The molecule has 0 aliphatic rings. The lowest BCUT2D eigenvalue weighted by molar-refractivity contribution is 0.0379. The van der Waals surface area contributed by atoms with Crippen molar-refractivity contribution in [1.29, 1.82) is 0 Å². The Morgan fingerprint density at radius 3 is 2.46 bits per heavy atom. The summed E-state index contributed by atoms with van der Waals surface area (Å²) in [5.41, 5.74) is 4.32. The Bertz CT molecular complexity index is 1430. The van der Waals surface area contributed by atoms with Crippen molar-refractivity contribution in [3.05, 3.63) is 80.6 Å². The molecule has 0 aliphatic carbocycles. The van der Waals surface area contributed by atoms with Crippen molar-refractivity contribution in [1.82, 2.24) is 4.98 Å². The Morgan fingerprint density at radius 2 is 1.77 bits per heavy atom. The predicted octanol–water partition coefficient (Wildman–Crippen LogP) is 7.98. The van der Waals surface area contributed by atoms with E-state index in [1.165, 1.54) is 11.3 Å². The number of halogens is 1. The summed E-state index contributed by atoms with van der Waals surface area (Å²) in [6.45, 7) is 9.74. The first kappa shape index (κ1) is 25.1. The van der Waals surface area contributed by atoms with Crippen LogP contribution in [-0.2, 0) is 4.74 Å². The van der Waals surface area contributed by atoms with Gasteiger partial charge in [-0.2, -0.15) is 0 Å². The number of nitrogens with one attached hydrogen (secondary N) is 1. The lowest BCUT2D eigenvalue weighted by Crippen LogP contribution is -2.16. The molecule has 2 aromatic heterocycles. The molecule has 1 N–H and O–H groups in total. The second-order valence-electron chi connectivity index (χ2n) is 9.04. The van der Waals surface area contributed by atoms with Crippen LogP contribution in [-0.4, -0.2) is 23.0 Å². The summed E-state index contributed by atoms with van der Waals surface area (Å²) < 4.78 is 6.28. The molecular formula is C28H27BrN2O3S. The highest BCUT2D eigenvalue weighted by molar-refractivity contribution is 9.10. The van der Waals surface area contributed by atoms with Gasteiger partial charge in [-0.1, -0.05) is 53.5 Å². The maximum Gasteiger partial charge on any atom is 0.341 e. The van der Waals surface area contributed by atoms with Gasteiger partial charge in [0, 0.05) is 20.3 Å². The fraction of sp³-hybridized carbons (Fsp3) is 0.250. The zero-order chi connectivity index (χ0) is 25.3. The molecule has 0 spiro atoms. The van der Waals surface area contributed by atoms with Crippen molar-refractivity contribution >= 4 is 55.0 Å². The zero-order valence-electron chi connectivity index (χ0n) is 20.3. The number of carbonyl (C=O) groups excluding carboxylic acids is 2. The third kappa shape index (κ3) is 5.63. The lowest BCUT2D eigenvalue weighted by atomic mass is 10.0. The highest BCUT2D eigenvalue weighted by Gasteiger charge is 2.23. The van der Waals surface area contributed by atoms with Crippen LogP contribution >= 0.6 is 27.3 Å². The minimum atomic E-state index is -0.443. The number of nitrogens with zero attached hydrogens (tertiary/aromatic N) is 1. The van der Waals surface area contributed by atoms with Gasteiger partial charge in [-0.05, 0) is 63.1 Å². The van der Waals surface area contributed by atoms with E-state index in [2.05, 4.69) is 35.1 Å². The molecule has 0 saturated heterocycles. The van der Waals surface area contributed by atoms with Gasteiger partial charge in [0.15, 0.2) is 0 Å². The molecule has 0 saturated carbocycles. The van der Waals surface area contributed by atoms with Gasteiger partial charge in [-0.15, -0.1) is 11.3 Å². The molecule has 5 nitrogen and oxygen atoms in total. The van der Waals surface area contributed by atoms with Gasteiger partial charge in [0.1, 0.15) is 5.00 Å².